The molecule has 100 valence electrons. The highest BCUT2D eigenvalue weighted by molar-refractivity contribution is 6.32. The summed E-state index contributed by atoms with van der Waals surface area (Å²) in [5, 5.41) is 9.40. The number of aromatic amines is 1. The largest absolute Gasteiger partial charge is 0.382 e. The summed E-state index contributed by atoms with van der Waals surface area (Å²) >= 11 is 5.89. The lowest BCUT2D eigenvalue weighted by atomic mass is 10.1. The molecule has 5 nitrogen and oxygen atoms in total. The lowest BCUT2D eigenvalue weighted by Gasteiger charge is -2.20. The van der Waals surface area contributed by atoms with Crippen molar-refractivity contribution in [3.05, 3.63) is 21.6 Å². The summed E-state index contributed by atoms with van der Waals surface area (Å²) in [6, 6.07) is 0. The van der Waals surface area contributed by atoms with Crippen LogP contribution >= 0.6 is 11.6 Å². The maximum atomic E-state index is 11.3. The van der Waals surface area contributed by atoms with E-state index in [0.29, 0.717) is 11.6 Å². The van der Waals surface area contributed by atoms with Crippen molar-refractivity contribution in [2.75, 3.05) is 31.5 Å². The molecule has 6 heteroatoms. The molecule has 0 spiro atoms. The van der Waals surface area contributed by atoms with Crippen molar-refractivity contribution in [3.63, 3.8) is 0 Å². The van der Waals surface area contributed by atoms with Gasteiger partial charge >= 0.3 is 0 Å². The summed E-state index contributed by atoms with van der Waals surface area (Å²) in [6.45, 7) is 6.48. The SMILES string of the molecule is CC(CNc1cn[nH]c(=O)c1Cl)CN1CCCC1. The number of nitrogens with zero attached hydrogens (tertiary/aromatic N) is 2. The summed E-state index contributed by atoms with van der Waals surface area (Å²) in [4.78, 5) is 13.7. The van der Waals surface area contributed by atoms with Gasteiger partial charge in [-0.3, -0.25) is 4.79 Å². The molecule has 2 heterocycles. The first-order valence-electron chi connectivity index (χ1n) is 6.36. The zero-order valence-electron chi connectivity index (χ0n) is 10.6. The molecule has 0 radical (unpaired) electrons. The third-order valence-corrected chi connectivity index (χ3v) is 3.58. The minimum atomic E-state index is -0.353. The van der Waals surface area contributed by atoms with Crippen molar-refractivity contribution in [2.45, 2.75) is 19.8 Å². The van der Waals surface area contributed by atoms with Crippen LogP contribution in [0.4, 0.5) is 5.69 Å². The first-order valence-corrected chi connectivity index (χ1v) is 6.74. The molecule has 0 amide bonds. The maximum Gasteiger partial charge on any atom is 0.285 e. The van der Waals surface area contributed by atoms with Crippen molar-refractivity contribution in [1.82, 2.24) is 15.1 Å². The fourth-order valence-electron chi connectivity index (χ4n) is 2.26. The van der Waals surface area contributed by atoms with Gasteiger partial charge in [0.05, 0.1) is 11.9 Å². The number of H-pyrrole nitrogens is 1. The highest BCUT2D eigenvalue weighted by Crippen LogP contribution is 2.16. The third kappa shape index (κ3) is 3.46. The number of aromatic nitrogens is 2. The second-order valence-electron chi connectivity index (χ2n) is 4.92. The van der Waals surface area contributed by atoms with Gasteiger partial charge in [-0.05, 0) is 31.8 Å². The number of likely N-dealkylation sites (tertiary alicyclic amines) is 1. The Hall–Kier alpha value is -1.07. The van der Waals surface area contributed by atoms with Crippen LogP contribution in [-0.2, 0) is 0 Å². The van der Waals surface area contributed by atoms with Crippen LogP contribution in [0.3, 0.4) is 0 Å². The third-order valence-electron chi connectivity index (χ3n) is 3.21. The molecule has 1 aromatic rings. The zero-order chi connectivity index (χ0) is 13.0. The first-order chi connectivity index (χ1) is 8.66. The van der Waals surface area contributed by atoms with E-state index in [9.17, 15) is 4.79 Å². The molecule has 0 aliphatic carbocycles. The number of halogens is 1. The summed E-state index contributed by atoms with van der Waals surface area (Å²) in [7, 11) is 0. The highest BCUT2D eigenvalue weighted by Gasteiger charge is 2.15. The van der Waals surface area contributed by atoms with Gasteiger partial charge in [0.1, 0.15) is 5.02 Å². The number of nitrogens with one attached hydrogen (secondary N) is 2. The number of anilines is 1. The van der Waals surface area contributed by atoms with Crippen LogP contribution in [0.15, 0.2) is 11.0 Å². The summed E-state index contributed by atoms with van der Waals surface area (Å²) in [5.74, 6) is 0.512. The van der Waals surface area contributed by atoms with Gasteiger partial charge in [0.25, 0.3) is 5.56 Å². The molecule has 0 bridgehead atoms. The van der Waals surface area contributed by atoms with Crippen LogP contribution in [0.1, 0.15) is 19.8 Å². The summed E-state index contributed by atoms with van der Waals surface area (Å²) in [6.07, 6.45) is 4.17. The molecule has 1 unspecified atom stereocenters. The molecule has 1 aliphatic rings. The molecule has 0 saturated carbocycles. The van der Waals surface area contributed by atoms with Crippen LogP contribution in [-0.4, -0.2) is 41.3 Å². The van der Waals surface area contributed by atoms with Crippen LogP contribution in [0.2, 0.25) is 5.02 Å². The molecule has 1 aromatic heterocycles. The molecule has 1 atom stereocenters. The highest BCUT2D eigenvalue weighted by atomic mass is 35.5. The van der Waals surface area contributed by atoms with E-state index in [4.69, 9.17) is 11.6 Å². The predicted octanol–water partition coefficient (Wildman–Crippen LogP) is 1.57. The van der Waals surface area contributed by atoms with E-state index in [2.05, 4.69) is 27.3 Å². The smallest absolute Gasteiger partial charge is 0.285 e. The average Bonchev–Trinajstić information content (AvgIpc) is 2.84. The Balaban J connectivity index is 1.83. The van der Waals surface area contributed by atoms with E-state index < -0.39 is 0 Å². The lowest BCUT2D eigenvalue weighted by Crippen LogP contribution is -2.29. The minimum absolute atomic E-state index is 0.179. The van der Waals surface area contributed by atoms with Gasteiger partial charge in [0.15, 0.2) is 0 Å². The fourth-order valence-corrected chi connectivity index (χ4v) is 2.42. The fraction of sp³-hybridized carbons (Fsp3) is 0.667. The molecule has 18 heavy (non-hydrogen) atoms. The monoisotopic (exact) mass is 270 g/mol. The first kappa shape index (κ1) is 13.4. The molecule has 1 fully saturated rings. The Morgan fingerprint density at radius 2 is 2.28 bits per heavy atom. The van der Waals surface area contributed by atoms with Crippen molar-refractivity contribution in [2.24, 2.45) is 5.92 Å². The lowest BCUT2D eigenvalue weighted by molar-refractivity contribution is 0.294. The van der Waals surface area contributed by atoms with Crippen LogP contribution in [0.5, 0.6) is 0 Å². The zero-order valence-corrected chi connectivity index (χ0v) is 11.3. The Labute approximate surface area is 112 Å². The Morgan fingerprint density at radius 1 is 1.56 bits per heavy atom. The Morgan fingerprint density at radius 3 is 3.00 bits per heavy atom. The predicted molar refractivity (Wildman–Crippen MR) is 73.2 cm³/mol. The topological polar surface area (TPSA) is 61.0 Å². The van der Waals surface area contributed by atoms with Crippen LogP contribution in [0, 0.1) is 5.92 Å². The standard InChI is InChI=1S/C12H19ClN4O/c1-9(8-17-4-2-3-5-17)6-14-10-7-15-16-12(18)11(10)13/h7,9H,2-6,8H2,1H3,(H2,14,16,18). The van der Waals surface area contributed by atoms with Crippen molar-refractivity contribution < 1.29 is 0 Å². The van der Waals surface area contributed by atoms with E-state index in [-0.39, 0.29) is 10.6 Å². The molecule has 2 N–H and O–H groups in total. The summed E-state index contributed by atoms with van der Waals surface area (Å²) < 4.78 is 0. The normalized spacial score (nSPS) is 17.9. The van der Waals surface area contributed by atoms with Crippen LogP contribution < -0.4 is 10.9 Å². The second-order valence-corrected chi connectivity index (χ2v) is 5.30. The van der Waals surface area contributed by atoms with E-state index >= 15 is 0 Å². The Bertz CT molecular complexity index is 442. The van der Waals surface area contributed by atoms with Gasteiger partial charge in [-0.15, -0.1) is 0 Å². The maximum absolute atomic E-state index is 11.3. The van der Waals surface area contributed by atoms with E-state index in [1.165, 1.54) is 25.9 Å². The second kappa shape index (κ2) is 6.20. The number of hydrogen-bond donors (Lipinski definition) is 2. The van der Waals surface area contributed by atoms with Crippen molar-refractivity contribution >= 4 is 17.3 Å². The van der Waals surface area contributed by atoms with Gasteiger partial charge < -0.3 is 10.2 Å². The van der Waals surface area contributed by atoms with Gasteiger partial charge in [0.2, 0.25) is 0 Å². The van der Waals surface area contributed by atoms with Gasteiger partial charge in [-0.1, -0.05) is 18.5 Å². The van der Waals surface area contributed by atoms with Crippen LogP contribution in [0.25, 0.3) is 0 Å². The number of hydrogen-bond acceptors (Lipinski definition) is 4. The Kier molecular flexibility index (Phi) is 4.60. The molecule has 1 aliphatic heterocycles. The van der Waals surface area contributed by atoms with Gasteiger partial charge in [-0.2, -0.15) is 5.10 Å². The van der Waals surface area contributed by atoms with E-state index in [0.717, 1.165) is 13.1 Å². The quantitative estimate of drug-likeness (QED) is 0.853. The molecule has 0 aromatic carbocycles. The molecule has 2 rings (SSSR count). The molecular formula is C12H19ClN4O. The van der Waals surface area contributed by atoms with E-state index in [1.54, 1.807) is 6.20 Å². The molecule has 1 saturated heterocycles. The summed E-state index contributed by atoms with van der Waals surface area (Å²) in [5.41, 5.74) is 0.252. The van der Waals surface area contributed by atoms with Gasteiger partial charge in [0, 0.05) is 13.1 Å². The minimum Gasteiger partial charge on any atom is -0.382 e. The van der Waals surface area contributed by atoms with E-state index in [1.807, 2.05) is 0 Å². The van der Waals surface area contributed by atoms with Crippen molar-refractivity contribution in [1.29, 1.82) is 0 Å². The average molecular weight is 271 g/mol. The van der Waals surface area contributed by atoms with Gasteiger partial charge in [-0.25, -0.2) is 5.10 Å². The number of rotatable bonds is 5. The molecular weight excluding hydrogens is 252 g/mol. The van der Waals surface area contributed by atoms with Crippen molar-refractivity contribution in [3.8, 4) is 0 Å².